The summed E-state index contributed by atoms with van der Waals surface area (Å²) in [7, 11) is 1.51. The number of rotatable bonds is 4. The summed E-state index contributed by atoms with van der Waals surface area (Å²) in [6.07, 6.45) is 1.63. The number of carbonyl (C=O) groups excluding carboxylic acids is 1. The van der Waals surface area contributed by atoms with Crippen LogP contribution in [0.1, 0.15) is 18.4 Å². The van der Waals surface area contributed by atoms with E-state index in [2.05, 4.69) is 5.32 Å². The van der Waals surface area contributed by atoms with E-state index < -0.39 is 18.0 Å². The molecule has 1 unspecified atom stereocenters. The van der Waals surface area contributed by atoms with Crippen LogP contribution in [0, 0.1) is 17.2 Å². The van der Waals surface area contributed by atoms with Gasteiger partial charge in [-0.2, -0.15) is 5.26 Å². The fraction of sp³-hybridized carbons (Fsp3) is 0.357. The van der Waals surface area contributed by atoms with Crippen LogP contribution < -0.4 is 10.2 Å². The van der Waals surface area contributed by atoms with E-state index in [0.717, 1.165) is 12.8 Å². The molecule has 1 fully saturated rings. The fourth-order valence-corrected chi connectivity index (χ4v) is 2.01. The average Bonchev–Trinajstić information content (AvgIpc) is 3.27. The Morgan fingerprint density at radius 1 is 1.45 bits per heavy atom. The highest BCUT2D eigenvalue weighted by atomic mass is 16.4. The van der Waals surface area contributed by atoms with Gasteiger partial charge < -0.3 is 10.4 Å². The van der Waals surface area contributed by atoms with Crippen molar-refractivity contribution >= 4 is 17.7 Å². The predicted octanol–water partition coefficient (Wildman–Crippen LogP) is 1.57. The number of carboxylic acids is 1. The van der Waals surface area contributed by atoms with Crippen molar-refractivity contribution in [1.82, 2.24) is 5.32 Å². The third-order valence-electron chi connectivity index (χ3n) is 3.33. The molecule has 0 spiro atoms. The van der Waals surface area contributed by atoms with E-state index in [0.29, 0.717) is 11.3 Å². The number of amides is 2. The highest BCUT2D eigenvalue weighted by molar-refractivity contribution is 5.95. The van der Waals surface area contributed by atoms with Gasteiger partial charge in [-0.15, -0.1) is 0 Å². The second kappa shape index (κ2) is 5.61. The Morgan fingerprint density at radius 2 is 2.10 bits per heavy atom. The molecule has 6 nitrogen and oxygen atoms in total. The minimum absolute atomic E-state index is 0.0102. The molecule has 1 saturated carbocycles. The van der Waals surface area contributed by atoms with Crippen LogP contribution in [0.25, 0.3) is 0 Å². The van der Waals surface area contributed by atoms with Gasteiger partial charge in [-0.25, -0.2) is 9.59 Å². The van der Waals surface area contributed by atoms with Crippen molar-refractivity contribution < 1.29 is 14.7 Å². The number of hydrogen-bond acceptors (Lipinski definition) is 3. The molecule has 1 aliphatic rings. The zero-order valence-electron chi connectivity index (χ0n) is 11.0. The Morgan fingerprint density at radius 3 is 2.65 bits per heavy atom. The molecule has 1 aliphatic carbocycles. The largest absolute Gasteiger partial charge is 0.480 e. The van der Waals surface area contributed by atoms with E-state index >= 15 is 0 Å². The first kappa shape index (κ1) is 13.9. The van der Waals surface area contributed by atoms with Gasteiger partial charge in [0.1, 0.15) is 12.1 Å². The van der Waals surface area contributed by atoms with E-state index in [1.807, 2.05) is 6.07 Å². The molecule has 2 N–H and O–H groups in total. The van der Waals surface area contributed by atoms with E-state index in [1.54, 1.807) is 24.3 Å². The van der Waals surface area contributed by atoms with Crippen molar-refractivity contribution in [2.45, 2.75) is 18.9 Å². The number of hydrogen-bond donors (Lipinski definition) is 2. The minimum Gasteiger partial charge on any atom is -0.480 e. The number of benzene rings is 1. The zero-order valence-corrected chi connectivity index (χ0v) is 11.0. The molecule has 2 rings (SSSR count). The molecule has 1 atom stereocenters. The summed E-state index contributed by atoms with van der Waals surface area (Å²) < 4.78 is 0. The van der Waals surface area contributed by atoms with E-state index in [1.165, 1.54) is 11.9 Å². The predicted molar refractivity (Wildman–Crippen MR) is 72.2 cm³/mol. The molecular formula is C14H15N3O3. The zero-order chi connectivity index (χ0) is 14.7. The van der Waals surface area contributed by atoms with E-state index in [9.17, 15) is 9.59 Å². The van der Waals surface area contributed by atoms with Gasteiger partial charge in [-0.1, -0.05) is 12.1 Å². The lowest BCUT2D eigenvalue weighted by atomic mass is 10.1. The van der Waals surface area contributed by atoms with Gasteiger partial charge in [0.15, 0.2) is 0 Å². The molecule has 0 aromatic heterocycles. The van der Waals surface area contributed by atoms with Crippen LogP contribution in [-0.4, -0.2) is 30.2 Å². The fourth-order valence-electron chi connectivity index (χ4n) is 2.01. The Bertz CT molecular complexity index is 575. The van der Waals surface area contributed by atoms with Crippen LogP contribution >= 0.6 is 0 Å². The summed E-state index contributed by atoms with van der Waals surface area (Å²) in [5.74, 6) is -1.01. The first-order valence-corrected chi connectivity index (χ1v) is 6.30. The third kappa shape index (κ3) is 2.88. The number of urea groups is 1. The molecule has 104 valence electrons. The summed E-state index contributed by atoms with van der Waals surface area (Å²) >= 11 is 0. The number of carbonyl (C=O) groups is 2. The van der Waals surface area contributed by atoms with Crippen molar-refractivity contribution in [2.24, 2.45) is 5.92 Å². The van der Waals surface area contributed by atoms with Gasteiger partial charge in [-0.05, 0) is 30.9 Å². The van der Waals surface area contributed by atoms with Gasteiger partial charge in [0, 0.05) is 7.05 Å². The normalized spacial score (nSPS) is 15.0. The highest BCUT2D eigenvalue weighted by Gasteiger charge is 2.37. The number of aliphatic carboxylic acids is 1. The lowest BCUT2D eigenvalue weighted by Crippen LogP contribution is -2.48. The average molecular weight is 273 g/mol. The number of nitriles is 1. The van der Waals surface area contributed by atoms with Crippen LogP contribution in [0.2, 0.25) is 0 Å². The van der Waals surface area contributed by atoms with Gasteiger partial charge in [-0.3, -0.25) is 4.90 Å². The van der Waals surface area contributed by atoms with E-state index in [-0.39, 0.29) is 5.92 Å². The topological polar surface area (TPSA) is 93.4 Å². The molecule has 1 aromatic rings. The highest BCUT2D eigenvalue weighted by Crippen LogP contribution is 2.33. The van der Waals surface area contributed by atoms with E-state index in [4.69, 9.17) is 10.4 Å². The molecule has 0 heterocycles. The Labute approximate surface area is 116 Å². The molecule has 0 aliphatic heterocycles. The number of carboxylic acid groups (broad SMARTS) is 1. The lowest BCUT2D eigenvalue weighted by molar-refractivity contribution is -0.139. The molecular weight excluding hydrogens is 258 g/mol. The van der Waals surface area contributed by atoms with Gasteiger partial charge in [0.2, 0.25) is 0 Å². The molecule has 6 heteroatoms. The number of para-hydroxylation sites is 1. The maximum Gasteiger partial charge on any atom is 0.326 e. The monoisotopic (exact) mass is 273 g/mol. The Kier molecular flexibility index (Phi) is 3.89. The maximum atomic E-state index is 12.1. The summed E-state index contributed by atoms with van der Waals surface area (Å²) in [4.78, 5) is 24.5. The SMILES string of the molecule is CN(C(=O)NC(C(=O)O)C1CC1)c1ccccc1C#N. The first-order chi connectivity index (χ1) is 9.54. The molecule has 0 radical (unpaired) electrons. The first-order valence-electron chi connectivity index (χ1n) is 6.30. The minimum atomic E-state index is -1.03. The van der Waals surface area contributed by atoms with Crippen LogP contribution in [0.3, 0.4) is 0 Å². The standard InChI is InChI=1S/C14H15N3O3/c1-17(11-5-3-2-4-10(11)8-15)14(20)16-12(13(18)19)9-6-7-9/h2-5,9,12H,6-7H2,1H3,(H,16,20)(H,18,19). The third-order valence-corrected chi connectivity index (χ3v) is 3.33. The van der Waals surface area contributed by atoms with Crippen molar-refractivity contribution in [3.05, 3.63) is 29.8 Å². The molecule has 1 aromatic carbocycles. The summed E-state index contributed by atoms with van der Waals surface area (Å²) in [6.45, 7) is 0. The molecule has 0 bridgehead atoms. The summed E-state index contributed by atoms with van der Waals surface area (Å²) in [6, 6.07) is 7.30. The quantitative estimate of drug-likeness (QED) is 0.870. The van der Waals surface area contributed by atoms with Gasteiger partial charge >= 0.3 is 12.0 Å². The van der Waals surface area contributed by atoms with Crippen LogP contribution in [0.15, 0.2) is 24.3 Å². The van der Waals surface area contributed by atoms with Gasteiger partial charge in [0.05, 0.1) is 11.3 Å². The second-order valence-electron chi connectivity index (χ2n) is 4.79. The van der Waals surface area contributed by atoms with Crippen LogP contribution in [0.5, 0.6) is 0 Å². The number of anilines is 1. The maximum absolute atomic E-state index is 12.1. The van der Waals surface area contributed by atoms with Crippen LogP contribution in [0.4, 0.5) is 10.5 Å². The summed E-state index contributed by atoms with van der Waals surface area (Å²) in [5.41, 5.74) is 0.816. The Balaban J connectivity index is 2.12. The molecule has 2 amide bonds. The van der Waals surface area contributed by atoms with Crippen molar-refractivity contribution in [3.8, 4) is 6.07 Å². The number of nitrogens with one attached hydrogen (secondary N) is 1. The van der Waals surface area contributed by atoms with Crippen molar-refractivity contribution in [1.29, 1.82) is 5.26 Å². The smallest absolute Gasteiger partial charge is 0.326 e. The number of nitrogens with zero attached hydrogens (tertiary/aromatic N) is 2. The lowest BCUT2D eigenvalue weighted by Gasteiger charge is -2.22. The molecule has 20 heavy (non-hydrogen) atoms. The Hall–Kier alpha value is -2.55. The van der Waals surface area contributed by atoms with Gasteiger partial charge in [0.25, 0.3) is 0 Å². The summed E-state index contributed by atoms with van der Waals surface area (Å²) in [5, 5.41) is 20.6. The van der Waals surface area contributed by atoms with Crippen molar-refractivity contribution in [2.75, 3.05) is 11.9 Å². The second-order valence-corrected chi connectivity index (χ2v) is 4.79. The van der Waals surface area contributed by atoms with Crippen molar-refractivity contribution in [3.63, 3.8) is 0 Å². The molecule has 0 saturated heterocycles. The van der Waals surface area contributed by atoms with Crippen LogP contribution in [-0.2, 0) is 4.79 Å².